The average molecular weight is 178 g/mol. The van der Waals surface area contributed by atoms with Gasteiger partial charge >= 0.3 is 6.61 Å². The Morgan fingerprint density at radius 1 is 1.27 bits per heavy atom. The number of ether oxygens (including phenoxy) is 1. The molecule has 1 nitrogen and oxygen atoms in total. The summed E-state index contributed by atoms with van der Waals surface area (Å²) in [4.78, 5) is 0. The maximum Gasteiger partial charge on any atom is 0.387 e. The predicted octanol–water partition coefficient (Wildman–Crippen LogP) is 2.94. The molecule has 0 aromatic heterocycles. The zero-order chi connectivity index (χ0) is 8.27. The normalized spacial score (nSPS) is 12.6. The molecule has 0 radical (unpaired) electrons. The van der Waals surface area contributed by atoms with Crippen LogP contribution in [-0.2, 0) is 0 Å². The van der Waals surface area contributed by atoms with Crippen LogP contribution in [0.2, 0.25) is 5.02 Å². The Labute approximate surface area is 67.5 Å². The van der Waals surface area contributed by atoms with Gasteiger partial charge in [0.2, 0.25) is 0 Å². The molecule has 1 aromatic carbocycles. The van der Waals surface area contributed by atoms with E-state index >= 15 is 0 Å². The number of benzene rings is 1. The highest BCUT2D eigenvalue weighted by molar-refractivity contribution is 6.32. The van der Waals surface area contributed by atoms with E-state index < -0.39 is 6.61 Å². The third-order valence-corrected chi connectivity index (χ3v) is 1.36. The van der Waals surface area contributed by atoms with E-state index in [9.17, 15) is 8.78 Å². The second-order valence-corrected chi connectivity index (χ2v) is 2.22. The van der Waals surface area contributed by atoms with Crippen LogP contribution in [0.15, 0.2) is 24.3 Å². The first kappa shape index (κ1) is 8.27. The lowest BCUT2D eigenvalue weighted by molar-refractivity contribution is -0.0497. The lowest BCUT2D eigenvalue weighted by Crippen LogP contribution is -2.01. The summed E-state index contributed by atoms with van der Waals surface area (Å²) in [6, 6.07) is 6.08. The van der Waals surface area contributed by atoms with Crippen LogP contribution in [0, 0.1) is 0 Å². The van der Waals surface area contributed by atoms with Crippen molar-refractivity contribution in [2.24, 2.45) is 0 Å². The molecule has 0 spiro atoms. The fraction of sp³-hybridized carbons (Fsp3) is 0.143. The molecule has 11 heavy (non-hydrogen) atoms. The molecule has 0 saturated carbocycles. The molecule has 60 valence electrons. The Balaban J connectivity index is 2.78. The quantitative estimate of drug-likeness (QED) is 0.675. The van der Waals surface area contributed by atoms with Crippen molar-refractivity contribution in [1.29, 1.82) is 0 Å². The highest BCUT2D eigenvalue weighted by atomic mass is 35.5. The smallest absolute Gasteiger partial charge is 0.387 e. The Morgan fingerprint density at radius 3 is 2.45 bits per heavy atom. The van der Waals surface area contributed by atoms with Crippen molar-refractivity contribution >= 4 is 11.6 Å². The standard InChI is InChI=1S/C7H5ClF2O/c8-5-3-1-2-4-6(5)11-7(9)10/h1-4,7H/i9-1. The molecule has 0 heterocycles. The predicted molar refractivity (Wildman–Crippen MR) is 38.1 cm³/mol. The SMILES string of the molecule is FC([18F])Oc1ccccc1Cl. The van der Waals surface area contributed by atoms with Crippen LogP contribution < -0.4 is 4.74 Å². The molecule has 0 bridgehead atoms. The van der Waals surface area contributed by atoms with Crippen molar-refractivity contribution in [3.8, 4) is 5.75 Å². The molecule has 0 aliphatic rings. The molecular formula is C7H5ClF2O. The van der Waals surface area contributed by atoms with Crippen molar-refractivity contribution < 1.29 is 13.5 Å². The molecule has 4 heteroatoms. The van der Waals surface area contributed by atoms with Gasteiger partial charge in [-0.25, -0.2) is 0 Å². The van der Waals surface area contributed by atoms with Crippen LogP contribution in [-0.4, -0.2) is 6.61 Å². The Bertz CT molecular complexity index is 240. The van der Waals surface area contributed by atoms with Gasteiger partial charge in [0, 0.05) is 0 Å². The van der Waals surface area contributed by atoms with E-state index in [-0.39, 0.29) is 10.8 Å². The molecule has 0 N–H and O–H groups in total. The Kier molecular flexibility index (Phi) is 2.65. The number of hydrogen-bond acceptors (Lipinski definition) is 1. The maximum atomic E-state index is 11.6. The number of rotatable bonds is 2. The fourth-order valence-electron chi connectivity index (χ4n) is 0.636. The minimum Gasteiger partial charge on any atom is -0.433 e. The summed E-state index contributed by atoms with van der Waals surface area (Å²) in [5.74, 6) is 0.00386. The minimum atomic E-state index is -2.82. The van der Waals surface area contributed by atoms with Gasteiger partial charge in [-0.2, -0.15) is 8.78 Å². The molecule has 1 unspecified atom stereocenters. The van der Waals surface area contributed by atoms with Crippen LogP contribution in [0.3, 0.4) is 0 Å². The van der Waals surface area contributed by atoms with Crippen LogP contribution >= 0.6 is 11.6 Å². The van der Waals surface area contributed by atoms with Crippen LogP contribution in [0.25, 0.3) is 0 Å². The zero-order valence-electron chi connectivity index (χ0n) is 5.43. The molecule has 0 saturated heterocycles. The second-order valence-electron chi connectivity index (χ2n) is 1.81. The summed E-state index contributed by atoms with van der Waals surface area (Å²) < 4.78 is 27.3. The van der Waals surface area contributed by atoms with Gasteiger partial charge in [0.15, 0.2) is 0 Å². The maximum absolute atomic E-state index is 11.6. The minimum absolute atomic E-state index is 0.00386. The second kappa shape index (κ2) is 3.53. The van der Waals surface area contributed by atoms with Crippen molar-refractivity contribution in [1.82, 2.24) is 0 Å². The monoisotopic (exact) mass is 177 g/mol. The molecule has 0 aliphatic carbocycles. The molecule has 1 aromatic rings. The third kappa shape index (κ3) is 2.35. The van der Waals surface area contributed by atoms with Crippen molar-refractivity contribution in [2.75, 3.05) is 0 Å². The fourth-order valence-corrected chi connectivity index (χ4v) is 0.817. The summed E-state index contributed by atoms with van der Waals surface area (Å²) >= 11 is 5.51. The number of alkyl halides is 2. The van der Waals surface area contributed by atoms with Gasteiger partial charge in [-0.05, 0) is 12.1 Å². The van der Waals surface area contributed by atoms with E-state index in [1.54, 1.807) is 12.1 Å². The van der Waals surface area contributed by atoms with E-state index in [0.717, 1.165) is 0 Å². The first-order valence-corrected chi connectivity index (χ1v) is 3.27. The summed E-state index contributed by atoms with van der Waals surface area (Å²) in [6.45, 7) is -2.82. The van der Waals surface area contributed by atoms with Crippen molar-refractivity contribution in [3.63, 3.8) is 0 Å². The van der Waals surface area contributed by atoms with Gasteiger partial charge in [-0.1, -0.05) is 23.7 Å². The lowest BCUT2D eigenvalue weighted by atomic mass is 10.3. The van der Waals surface area contributed by atoms with E-state index in [2.05, 4.69) is 4.74 Å². The van der Waals surface area contributed by atoms with Gasteiger partial charge in [0.25, 0.3) is 0 Å². The highest BCUT2D eigenvalue weighted by Gasteiger charge is 2.06. The molecule has 0 aliphatic heterocycles. The summed E-state index contributed by atoms with van der Waals surface area (Å²) in [5.41, 5.74) is 0. The largest absolute Gasteiger partial charge is 0.433 e. The molecule has 0 amide bonds. The summed E-state index contributed by atoms with van der Waals surface area (Å²) in [7, 11) is 0. The van der Waals surface area contributed by atoms with Gasteiger partial charge in [-0.15, -0.1) is 0 Å². The van der Waals surface area contributed by atoms with Crippen LogP contribution in [0.1, 0.15) is 0 Å². The van der Waals surface area contributed by atoms with Gasteiger partial charge in [0.05, 0.1) is 5.02 Å². The number of hydrogen-bond donors (Lipinski definition) is 0. The van der Waals surface area contributed by atoms with Crippen LogP contribution in [0.4, 0.5) is 8.78 Å². The average Bonchev–Trinajstić information content (AvgIpc) is 1.93. The molecular weight excluding hydrogens is 173 g/mol. The van der Waals surface area contributed by atoms with Crippen LogP contribution in [0.5, 0.6) is 5.75 Å². The summed E-state index contributed by atoms with van der Waals surface area (Å²) in [5, 5.41) is 0.188. The lowest BCUT2D eigenvalue weighted by Gasteiger charge is -2.04. The zero-order valence-corrected chi connectivity index (χ0v) is 6.18. The van der Waals surface area contributed by atoms with E-state index in [1.807, 2.05) is 0 Å². The Morgan fingerprint density at radius 2 is 1.91 bits per heavy atom. The van der Waals surface area contributed by atoms with Gasteiger partial charge in [-0.3, -0.25) is 0 Å². The van der Waals surface area contributed by atoms with Crippen molar-refractivity contribution in [2.45, 2.75) is 6.61 Å². The van der Waals surface area contributed by atoms with E-state index in [0.29, 0.717) is 0 Å². The van der Waals surface area contributed by atoms with Crippen molar-refractivity contribution in [3.05, 3.63) is 29.3 Å². The number of para-hydroxylation sites is 1. The van der Waals surface area contributed by atoms with E-state index in [4.69, 9.17) is 11.6 Å². The first-order chi connectivity index (χ1) is 5.20. The van der Waals surface area contributed by atoms with Gasteiger partial charge < -0.3 is 4.74 Å². The Hall–Kier alpha value is -0.830. The van der Waals surface area contributed by atoms with Gasteiger partial charge in [0.1, 0.15) is 5.75 Å². The third-order valence-electron chi connectivity index (χ3n) is 1.05. The van der Waals surface area contributed by atoms with E-state index in [1.165, 1.54) is 12.1 Å². The topological polar surface area (TPSA) is 9.23 Å². The first-order valence-electron chi connectivity index (χ1n) is 2.89. The molecule has 1 atom stereocenters. The molecule has 1 rings (SSSR count). The number of halogens is 3. The highest BCUT2D eigenvalue weighted by Crippen LogP contribution is 2.24. The summed E-state index contributed by atoms with van der Waals surface area (Å²) in [6.07, 6.45) is 0. The molecule has 0 fully saturated rings.